The zero-order valence-electron chi connectivity index (χ0n) is 12.7. The lowest BCUT2D eigenvalue weighted by atomic mass is 10.1. The minimum Gasteiger partial charge on any atom is -0.478 e. The second kappa shape index (κ2) is 8.17. The fourth-order valence-electron chi connectivity index (χ4n) is 2.07. The monoisotopic (exact) mass is 296 g/mol. The van der Waals surface area contributed by atoms with Gasteiger partial charge in [-0.1, -0.05) is 13.0 Å². The van der Waals surface area contributed by atoms with Crippen LogP contribution in [0.15, 0.2) is 23.1 Å². The summed E-state index contributed by atoms with van der Waals surface area (Å²) >= 11 is 1.57. The predicted molar refractivity (Wildman–Crippen MR) is 86.2 cm³/mol. The Balaban J connectivity index is 2.92. The molecule has 0 fully saturated rings. The number of carbonyl (C=O) groups is 1. The lowest BCUT2D eigenvalue weighted by molar-refractivity contribution is 0.0694. The van der Waals surface area contributed by atoms with Crippen LogP contribution in [0.1, 0.15) is 23.7 Å². The molecule has 0 aliphatic heterocycles. The van der Waals surface area contributed by atoms with Gasteiger partial charge in [-0.2, -0.15) is 0 Å². The number of benzene rings is 1. The molecular weight excluding hydrogens is 272 g/mol. The fourth-order valence-corrected chi connectivity index (χ4v) is 2.89. The molecule has 1 aromatic carbocycles. The molecule has 0 aliphatic carbocycles. The van der Waals surface area contributed by atoms with Crippen molar-refractivity contribution in [1.29, 1.82) is 0 Å². The lowest BCUT2D eigenvalue weighted by Crippen LogP contribution is -2.25. The molecule has 0 aliphatic rings. The third-order valence-electron chi connectivity index (χ3n) is 3.03. The van der Waals surface area contributed by atoms with Crippen LogP contribution in [-0.4, -0.2) is 56.0 Å². The van der Waals surface area contributed by atoms with Crippen LogP contribution in [0.4, 0.5) is 5.69 Å². The number of carboxylic acid groups (broad SMARTS) is 1. The van der Waals surface area contributed by atoms with Crippen molar-refractivity contribution in [3.63, 3.8) is 0 Å². The molecule has 20 heavy (non-hydrogen) atoms. The predicted octanol–water partition coefficient (Wildman–Crippen LogP) is 2.88. The summed E-state index contributed by atoms with van der Waals surface area (Å²) in [6.07, 6.45) is 1.01. The standard InChI is InChI=1S/C15H24N2O2S/c1-5-20-13-9-6-8-12(14(13)15(18)19)17(4)11-7-10-16(2)3/h6,8-9H,5,7,10-11H2,1-4H3,(H,18,19). The summed E-state index contributed by atoms with van der Waals surface area (Å²) in [6, 6.07) is 5.70. The second-order valence-corrected chi connectivity index (χ2v) is 6.27. The molecule has 0 atom stereocenters. The molecule has 0 spiro atoms. The highest BCUT2D eigenvalue weighted by molar-refractivity contribution is 7.99. The Morgan fingerprint density at radius 2 is 1.95 bits per heavy atom. The highest BCUT2D eigenvalue weighted by Crippen LogP contribution is 2.30. The van der Waals surface area contributed by atoms with Crippen LogP contribution in [0, 0.1) is 0 Å². The van der Waals surface area contributed by atoms with Crippen molar-refractivity contribution in [2.45, 2.75) is 18.2 Å². The minimum absolute atomic E-state index is 0.423. The Kier molecular flexibility index (Phi) is 6.88. The van der Waals surface area contributed by atoms with E-state index in [1.54, 1.807) is 11.8 Å². The summed E-state index contributed by atoms with van der Waals surface area (Å²) in [5.41, 5.74) is 1.22. The Hall–Kier alpha value is -1.20. The van der Waals surface area contributed by atoms with Gasteiger partial charge < -0.3 is 14.9 Å². The van der Waals surface area contributed by atoms with E-state index in [-0.39, 0.29) is 0 Å². The molecule has 112 valence electrons. The fraction of sp³-hybridized carbons (Fsp3) is 0.533. The van der Waals surface area contributed by atoms with Crippen LogP contribution in [0.2, 0.25) is 0 Å². The number of aromatic carboxylic acids is 1. The first kappa shape index (κ1) is 16.9. The molecule has 0 saturated heterocycles. The third kappa shape index (κ3) is 4.72. The third-order valence-corrected chi connectivity index (χ3v) is 3.97. The summed E-state index contributed by atoms with van der Waals surface area (Å²) in [5, 5.41) is 9.49. The van der Waals surface area contributed by atoms with Crippen LogP contribution in [-0.2, 0) is 0 Å². The smallest absolute Gasteiger partial charge is 0.338 e. The van der Waals surface area contributed by atoms with Crippen molar-refractivity contribution in [3.8, 4) is 0 Å². The van der Waals surface area contributed by atoms with Gasteiger partial charge >= 0.3 is 5.97 Å². The largest absolute Gasteiger partial charge is 0.478 e. The molecule has 0 unspecified atom stereocenters. The molecular formula is C15H24N2O2S. The van der Waals surface area contributed by atoms with E-state index in [2.05, 4.69) is 4.90 Å². The minimum atomic E-state index is -0.851. The van der Waals surface area contributed by atoms with E-state index in [0.717, 1.165) is 35.8 Å². The van der Waals surface area contributed by atoms with Crippen molar-refractivity contribution in [3.05, 3.63) is 23.8 Å². The summed E-state index contributed by atoms with van der Waals surface area (Å²) < 4.78 is 0. The maximum absolute atomic E-state index is 11.6. The van der Waals surface area contributed by atoms with Crippen LogP contribution in [0.5, 0.6) is 0 Å². The van der Waals surface area contributed by atoms with Crippen molar-refractivity contribution < 1.29 is 9.90 Å². The Morgan fingerprint density at radius 3 is 2.50 bits per heavy atom. The molecule has 0 aromatic heterocycles. The highest BCUT2D eigenvalue weighted by Gasteiger charge is 2.17. The second-order valence-electron chi connectivity index (χ2n) is 4.97. The number of nitrogens with zero attached hydrogens (tertiary/aromatic N) is 2. The normalized spacial score (nSPS) is 10.8. The number of carboxylic acids is 1. The zero-order chi connectivity index (χ0) is 15.1. The van der Waals surface area contributed by atoms with Crippen molar-refractivity contribution in [2.75, 3.05) is 44.9 Å². The Bertz CT molecular complexity index is 449. The van der Waals surface area contributed by atoms with Gasteiger partial charge in [-0.15, -0.1) is 11.8 Å². The molecule has 0 bridgehead atoms. The molecule has 0 radical (unpaired) electrons. The molecule has 0 saturated carbocycles. The van der Waals surface area contributed by atoms with E-state index in [1.807, 2.05) is 51.2 Å². The van der Waals surface area contributed by atoms with Gasteiger partial charge in [0.15, 0.2) is 0 Å². The summed E-state index contributed by atoms with van der Waals surface area (Å²) in [6.45, 7) is 3.87. The van der Waals surface area contributed by atoms with E-state index in [4.69, 9.17) is 0 Å². The SMILES string of the molecule is CCSc1cccc(N(C)CCCN(C)C)c1C(=O)O. The van der Waals surface area contributed by atoms with Gasteiger partial charge in [0.1, 0.15) is 0 Å². The first-order chi connectivity index (χ1) is 9.47. The lowest BCUT2D eigenvalue weighted by Gasteiger charge is -2.23. The maximum atomic E-state index is 11.6. The molecule has 4 nitrogen and oxygen atoms in total. The highest BCUT2D eigenvalue weighted by atomic mass is 32.2. The zero-order valence-corrected chi connectivity index (χ0v) is 13.5. The molecule has 0 amide bonds. The Morgan fingerprint density at radius 1 is 1.25 bits per heavy atom. The summed E-state index contributed by atoms with van der Waals surface area (Å²) in [4.78, 5) is 16.6. The van der Waals surface area contributed by atoms with Gasteiger partial charge in [0.2, 0.25) is 0 Å². The quantitative estimate of drug-likeness (QED) is 0.747. The van der Waals surface area contributed by atoms with E-state index in [1.165, 1.54) is 0 Å². The van der Waals surface area contributed by atoms with Crippen LogP contribution < -0.4 is 4.90 Å². The molecule has 1 N–H and O–H groups in total. The van der Waals surface area contributed by atoms with Crippen LogP contribution in [0.25, 0.3) is 0 Å². The number of rotatable bonds is 8. The number of hydrogen-bond donors (Lipinski definition) is 1. The van der Waals surface area contributed by atoms with Gasteiger partial charge in [0, 0.05) is 18.5 Å². The van der Waals surface area contributed by atoms with Gasteiger partial charge in [0.25, 0.3) is 0 Å². The number of thioether (sulfide) groups is 1. The van der Waals surface area contributed by atoms with Crippen LogP contribution >= 0.6 is 11.8 Å². The average molecular weight is 296 g/mol. The first-order valence-electron chi connectivity index (χ1n) is 6.82. The first-order valence-corrected chi connectivity index (χ1v) is 7.80. The Labute approximate surface area is 125 Å². The maximum Gasteiger partial charge on any atom is 0.338 e. The molecule has 0 heterocycles. The molecule has 1 rings (SSSR count). The number of hydrogen-bond acceptors (Lipinski definition) is 4. The van der Waals surface area contributed by atoms with Crippen LogP contribution in [0.3, 0.4) is 0 Å². The van der Waals surface area contributed by atoms with E-state index < -0.39 is 5.97 Å². The van der Waals surface area contributed by atoms with E-state index >= 15 is 0 Å². The summed E-state index contributed by atoms with van der Waals surface area (Å²) in [5.74, 6) is 0.0182. The topological polar surface area (TPSA) is 43.8 Å². The summed E-state index contributed by atoms with van der Waals surface area (Å²) in [7, 11) is 6.04. The van der Waals surface area contributed by atoms with Crippen molar-refractivity contribution >= 4 is 23.4 Å². The average Bonchev–Trinajstić information content (AvgIpc) is 2.38. The molecule has 1 aromatic rings. The van der Waals surface area contributed by atoms with Gasteiger partial charge in [-0.05, 0) is 44.9 Å². The molecule has 5 heteroatoms. The van der Waals surface area contributed by atoms with Crippen molar-refractivity contribution in [2.24, 2.45) is 0 Å². The van der Waals surface area contributed by atoms with Gasteiger partial charge in [-0.25, -0.2) is 4.79 Å². The number of anilines is 1. The van der Waals surface area contributed by atoms with E-state index in [9.17, 15) is 9.90 Å². The van der Waals surface area contributed by atoms with Gasteiger partial charge in [-0.3, -0.25) is 0 Å². The van der Waals surface area contributed by atoms with Crippen molar-refractivity contribution in [1.82, 2.24) is 4.90 Å². The van der Waals surface area contributed by atoms with Gasteiger partial charge in [0.05, 0.1) is 11.3 Å². The van der Waals surface area contributed by atoms with E-state index in [0.29, 0.717) is 5.56 Å².